The summed E-state index contributed by atoms with van der Waals surface area (Å²) in [5.41, 5.74) is 2.53. The van der Waals surface area contributed by atoms with Crippen LogP contribution in [-0.4, -0.2) is 25.1 Å². The van der Waals surface area contributed by atoms with Gasteiger partial charge in [0.25, 0.3) is 0 Å². The van der Waals surface area contributed by atoms with Crippen molar-refractivity contribution in [1.82, 2.24) is 25.1 Å². The molecule has 3 aliphatic carbocycles. The fourth-order valence-corrected chi connectivity index (χ4v) is 5.94. The van der Waals surface area contributed by atoms with Crippen LogP contribution in [0.4, 0.5) is 4.39 Å². The minimum absolute atomic E-state index is 0.206. The lowest BCUT2D eigenvalue weighted by molar-refractivity contribution is 0.0339. The number of halogens is 2. The molecule has 6 nitrogen and oxygen atoms in total. The van der Waals surface area contributed by atoms with Crippen LogP contribution in [0.25, 0.3) is 34.0 Å². The Morgan fingerprint density at radius 3 is 2.69 bits per heavy atom. The monoisotopic (exact) mass is 451 g/mol. The van der Waals surface area contributed by atoms with Gasteiger partial charge in [-0.3, -0.25) is 5.10 Å². The van der Waals surface area contributed by atoms with Crippen molar-refractivity contribution >= 4 is 22.6 Å². The maximum atomic E-state index is 14.2. The molecule has 0 spiro atoms. The Kier molecular flexibility index (Phi) is 4.75. The molecule has 7 rings (SSSR count). The molecule has 0 aromatic carbocycles. The third-order valence-corrected chi connectivity index (χ3v) is 7.78. The lowest BCUT2D eigenvalue weighted by Crippen LogP contribution is -2.39. The normalized spacial score (nSPS) is 25.0. The molecule has 0 amide bonds. The van der Waals surface area contributed by atoms with Gasteiger partial charge in [-0.05, 0) is 80.0 Å². The molecule has 0 aliphatic heterocycles. The highest BCUT2D eigenvalue weighted by molar-refractivity contribution is 6.30. The van der Waals surface area contributed by atoms with Gasteiger partial charge in [-0.2, -0.15) is 5.10 Å². The third-order valence-electron chi connectivity index (χ3n) is 7.52. The number of furan rings is 1. The van der Waals surface area contributed by atoms with Crippen molar-refractivity contribution < 1.29 is 8.81 Å². The van der Waals surface area contributed by atoms with Gasteiger partial charge in [-0.1, -0.05) is 18.5 Å². The number of rotatable bonds is 4. The number of hydrogen-bond donors (Lipinski definition) is 1. The van der Waals surface area contributed by atoms with E-state index in [1.54, 1.807) is 6.26 Å². The number of aromatic nitrogens is 5. The fourth-order valence-electron chi connectivity index (χ4n) is 5.80. The van der Waals surface area contributed by atoms with Gasteiger partial charge in [-0.15, -0.1) is 0 Å². The number of nitrogens with zero attached hydrogens (tertiary/aromatic N) is 4. The zero-order chi connectivity index (χ0) is 21.8. The molecular weight excluding hydrogens is 429 g/mol. The molecule has 4 heterocycles. The fraction of sp³-hybridized carbons (Fsp3) is 0.417. The van der Waals surface area contributed by atoms with Crippen LogP contribution in [0.1, 0.15) is 38.3 Å². The van der Waals surface area contributed by atoms with Gasteiger partial charge in [0.05, 0.1) is 11.6 Å². The number of nitrogens with one attached hydrogen (secondary N) is 1. The second-order valence-electron chi connectivity index (χ2n) is 9.18. The largest absolute Gasteiger partial charge is 0.463 e. The van der Waals surface area contributed by atoms with Gasteiger partial charge < -0.3 is 4.42 Å². The lowest BCUT2D eigenvalue weighted by Gasteiger charge is -2.47. The van der Waals surface area contributed by atoms with Crippen LogP contribution in [0.5, 0.6) is 0 Å². The molecule has 4 aromatic rings. The molecule has 3 fully saturated rings. The summed E-state index contributed by atoms with van der Waals surface area (Å²) in [6.07, 6.45) is 7.88. The summed E-state index contributed by atoms with van der Waals surface area (Å²) in [6, 6.07) is 7.07. The minimum Gasteiger partial charge on any atom is -0.463 e. The van der Waals surface area contributed by atoms with Crippen molar-refractivity contribution in [1.29, 1.82) is 0 Å². The Labute approximate surface area is 189 Å². The minimum atomic E-state index is -0.601. The average Bonchev–Trinajstić information content (AvgIpc) is 3.47. The predicted molar refractivity (Wildman–Crippen MR) is 119 cm³/mol. The molecule has 0 saturated heterocycles. The lowest BCUT2D eigenvalue weighted by atomic mass is 9.58. The van der Waals surface area contributed by atoms with Crippen molar-refractivity contribution in [2.45, 2.75) is 39.0 Å². The molecule has 1 N–H and O–H groups in total. The first kappa shape index (κ1) is 19.9. The first-order valence-electron chi connectivity index (χ1n) is 11.2. The molecule has 3 saturated carbocycles. The van der Waals surface area contributed by atoms with E-state index in [-0.39, 0.29) is 5.15 Å². The maximum absolute atomic E-state index is 14.2. The van der Waals surface area contributed by atoms with Crippen LogP contribution in [0.15, 0.2) is 34.9 Å². The highest BCUT2D eigenvalue weighted by Gasteiger charge is 2.41. The summed E-state index contributed by atoms with van der Waals surface area (Å²) in [7, 11) is 0. The Morgan fingerprint density at radius 1 is 1.12 bits per heavy atom. The molecule has 8 heteroatoms. The van der Waals surface area contributed by atoms with E-state index in [9.17, 15) is 4.39 Å². The highest BCUT2D eigenvalue weighted by Crippen LogP contribution is 2.49. The second-order valence-corrected chi connectivity index (χ2v) is 9.54. The van der Waals surface area contributed by atoms with Crippen molar-refractivity contribution in [3.8, 4) is 23.0 Å². The topological polar surface area (TPSA) is 80.5 Å². The standard InChI is InChI=1S/C24H23ClFN5O/c1-12-13-4-6-14(7-5-13)16(12)9-15-10-19(20-3-2-8-32-20)28-24(27-15)21-17-11-18(26)22(25)29-23(17)31-30-21/h2-3,8,10-14,16H,4-7,9H2,1H3,(H,29,30,31)/t12-,13?,14?,16+/m0/s1. The van der Waals surface area contributed by atoms with Crippen LogP contribution >= 0.6 is 11.6 Å². The van der Waals surface area contributed by atoms with E-state index in [0.717, 1.165) is 24.0 Å². The number of aromatic amines is 1. The molecule has 32 heavy (non-hydrogen) atoms. The van der Waals surface area contributed by atoms with E-state index in [4.69, 9.17) is 26.0 Å². The van der Waals surface area contributed by atoms with Crippen LogP contribution in [0.3, 0.4) is 0 Å². The van der Waals surface area contributed by atoms with Crippen molar-refractivity contribution in [2.75, 3.05) is 0 Å². The summed E-state index contributed by atoms with van der Waals surface area (Å²) >= 11 is 5.83. The van der Waals surface area contributed by atoms with Crippen LogP contribution in [0.2, 0.25) is 5.15 Å². The van der Waals surface area contributed by atoms with Crippen LogP contribution < -0.4 is 0 Å². The first-order valence-corrected chi connectivity index (χ1v) is 11.6. The van der Waals surface area contributed by atoms with Gasteiger partial charge in [0, 0.05) is 5.69 Å². The quantitative estimate of drug-likeness (QED) is 0.380. The highest BCUT2D eigenvalue weighted by atomic mass is 35.5. The Hall–Kier alpha value is -2.80. The maximum Gasteiger partial charge on any atom is 0.183 e. The Balaban J connectivity index is 1.45. The molecule has 0 radical (unpaired) electrons. The van der Waals surface area contributed by atoms with Crippen molar-refractivity contribution in [2.24, 2.45) is 23.7 Å². The number of fused-ring (bicyclic) bond motifs is 4. The molecule has 4 aromatic heterocycles. The Bertz CT molecular complexity index is 1280. The summed E-state index contributed by atoms with van der Waals surface area (Å²) in [5, 5.41) is 7.41. The Morgan fingerprint density at radius 2 is 1.94 bits per heavy atom. The SMILES string of the molecule is C[C@H]1C2CCC(CC2)[C@@H]1Cc1cc(-c2ccco2)nc(-c2[nH]nc3nc(Cl)c(F)cc23)n1. The first-order chi connectivity index (χ1) is 15.6. The smallest absolute Gasteiger partial charge is 0.183 e. The molecule has 2 atom stereocenters. The van der Waals surface area contributed by atoms with E-state index in [1.807, 2.05) is 18.2 Å². The average molecular weight is 452 g/mol. The van der Waals surface area contributed by atoms with Crippen molar-refractivity contribution in [3.63, 3.8) is 0 Å². The second kappa shape index (κ2) is 7.66. The van der Waals surface area contributed by atoms with Gasteiger partial charge >= 0.3 is 0 Å². The molecule has 164 valence electrons. The number of pyridine rings is 1. The van der Waals surface area contributed by atoms with Gasteiger partial charge in [0.1, 0.15) is 11.4 Å². The van der Waals surface area contributed by atoms with E-state index >= 15 is 0 Å². The molecule has 3 aliphatic rings. The molecule has 2 bridgehead atoms. The van der Waals surface area contributed by atoms with E-state index in [1.165, 1.54) is 31.7 Å². The summed E-state index contributed by atoms with van der Waals surface area (Å²) in [4.78, 5) is 13.6. The molecule has 0 unspecified atom stereocenters. The van der Waals surface area contributed by atoms with Crippen LogP contribution in [0, 0.1) is 29.5 Å². The van der Waals surface area contributed by atoms with E-state index < -0.39 is 5.82 Å². The van der Waals surface area contributed by atoms with E-state index in [0.29, 0.717) is 45.8 Å². The third kappa shape index (κ3) is 3.30. The number of H-pyrrole nitrogens is 1. The van der Waals surface area contributed by atoms with Crippen molar-refractivity contribution in [3.05, 3.63) is 47.2 Å². The van der Waals surface area contributed by atoms with Crippen LogP contribution in [-0.2, 0) is 6.42 Å². The van der Waals surface area contributed by atoms with Gasteiger partial charge in [0.15, 0.2) is 28.2 Å². The summed E-state index contributed by atoms with van der Waals surface area (Å²) in [6.45, 7) is 2.40. The number of hydrogen-bond acceptors (Lipinski definition) is 5. The summed E-state index contributed by atoms with van der Waals surface area (Å²) < 4.78 is 19.8. The zero-order valence-corrected chi connectivity index (χ0v) is 18.4. The van der Waals surface area contributed by atoms with Gasteiger partial charge in [-0.25, -0.2) is 19.3 Å². The predicted octanol–water partition coefficient (Wildman–Crippen LogP) is 6.08. The van der Waals surface area contributed by atoms with Gasteiger partial charge in [0.2, 0.25) is 0 Å². The molecular formula is C24H23ClFN5O. The summed E-state index contributed by atoms with van der Waals surface area (Å²) in [5.74, 6) is 3.42. The van der Waals surface area contributed by atoms with E-state index in [2.05, 4.69) is 22.1 Å². The zero-order valence-electron chi connectivity index (χ0n) is 17.7.